The van der Waals surface area contributed by atoms with Crippen LogP contribution in [0.25, 0.3) is 11.0 Å². The quantitative estimate of drug-likeness (QED) is 0.559. The molecule has 0 N–H and O–H groups in total. The molecule has 60 valence electrons. The Hall–Kier alpha value is -1.71. The van der Waals surface area contributed by atoms with Crippen molar-refractivity contribution in [3.05, 3.63) is 34.7 Å². The van der Waals surface area contributed by atoms with Crippen LogP contribution < -0.4 is 5.69 Å². The number of para-hydroxylation sites is 1. The second-order valence-corrected chi connectivity index (χ2v) is 2.53. The lowest BCUT2D eigenvalue weighted by atomic mass is 10.3. The molecule has 2 rings (SSSR count). The molecule has 0 atom stereocenters. The number of benzene rings is 1. The maximum Gasteiger partial charge on any atom is 0.366 e. The van der Waals surface area contributed by atoms with Crippen molar-refractivity contribution < 1.29 is 0 Å². The number of fused-ring (bicyclic) bond motifs is 1. The predicted molar refractivity (Wildman–Crippen MR) is 44.8 cm³/mol. The average Bonchev–Trinajstić information content (AvgIpc) is 2.12. The molecule has 4 nitrogen and oxygen atoms in total. The summed E-state index contributed by atoms with van der Waals surface area (Å²) in [5.41, 5.74) is 1.21. The standard InChI is InChI=1S/C8H7N3O/c1-11-7-5-3-2-4-6(7)9-10-8(11)12/h2-5H,1H3. The number of rotatable bonds is 0. The SMILES string of the molecule is Cn1c(=O)nnc2ccccc21. The molecule has 0 bridgehead atoms. The first-order valence-electron chi connectivity index (χ1n) is 3.57. The summed E-state index contributed by atoms with van der Waals surface area (Å²) in [7, 11) is 1.68. The second-order valence-electron chi connectivity index (χ2n) is 2.53. The molecular formula is C8H7N3O. The van der Waals surface area contributed by atoms with Gasteiger partial charge in [-0.3, -0.25) is 4.57 Å². The number of hydrogen-bond donors (Lipinski definition) is 0. The van der Waals surface area contributed by atoms with Gasteiger partial charge in [-0.1, -0.05) is 17.2 Å². The number of hydrogen-bond acceptors (Lipinski definition) is 3. The summed E-state index contributed by atoms with van der Waals surface area (Å²) in [6.07, 6.45) is 0. The van der Waals surface area contributed by atoms with Gasteiger partial charge in [-0.2, -0.15) is 0 Å². The van der Waals surface area contributed by atoms with Gasteiger partial charge in [0.25, 0.3) is 0 Å². The average molecular weight is 161 g/mol. The molecule has 1 aromatic carbocycles. The van der Waals surface area contributed by atoms with Gasteiger partial charge in [0.1, 0.15) is 5.52 Å². The highest BCUT2D eigenvalue weighted by Gasteiger charge is 1.98. The first-order chi connectivity index (χ1) is 5.79. The summed E-state index contributed by atoms with van der Waals surface area (Å²) in [4.78, 5) is 11.0. The van der Waals surface area contributed by atoms with Crippen molar-refractivity contribution in [2.45, 2.75) is 0 Å². The zero-order valence-corrected chi connectivity index (χ0v) is 6.56. The summed E-state index contributed by atoms with van der Waals surface area (Å²) in [5.74, 6) is 0. The number of aryl methyl sites for hydroxylation is 1. The number of nitrogens with zero attached hydrogens (tertiary/aromatic N) is 3. The van der Waals surface area contributed by atoms with Crippen LogP contribution >= 0.6 is 0 Å². The topological polar surface area (TPSA) is 47.8 Å². The highest BCUT2D eigenvalue weighted by atomic mass is 16.1. The van der Waals surface area contributed by atoms with Crippen LogP contribution in [0.15, 0.2) is 29.1 Å². The van der Waals surface area contributed by atoms with Gasteiger partial charge in [0.05, 0.1) is 5.52 Å². The summed E-state index contributed by atoms with van der Waals surface area (Å²) < 4.78 is 1.47. The summed E-state index contributed by atoms with van der Waals surface area (Å²) >= 11 is 0. The Labute approximate surface area is 68.5 Å². The first kappa shape index (κ1) is 6.97. The van der Waals surface area contributed by atoms with Gasteiger partial charge in [-0.05, 0) is 12.1 Å². The lowest BCUT2D eigenvalue weighted by Gasteiger charge is -1.99. The fraction of sp³-hybridized carbons (Fsp3) is 0.125. The minimum atomic E-state index is -0.325. The van der Waals surface area contributed by atoms with Crippen LogP contribution in [-0.4, -0.2) is 14.8 Å². The van der Waals surface area contributed by atoms with Crippen molar-refractivity contribution >= 4 is 11.0 Å². The van der Waals surface area contributed by atoms with Gasteiger partial charge in [0.2, 0.25) is 0 Å². The molecule has 0 unspecified atom stereocenters. The molecule has 0 saturated carbocycles. The molecule has 0 radical (unpaired) electrons. The molecule has 0 aliphatic carbocycles. The highest BCUT2D eigenvalue weighted by molar-refractivity contribution is 5.73. The van der Waals surface area contributed by atoms with Gasteiger partial charge < -0.3 is 0 Å². The Balaban J connectivity index is 3.01. The lowest BCUT2D eigenvalue weighted by Crippen LogP contribution is -2.21. The van der Waals surface area contributed by atoms with Crippen molar-refractivity contribution in [1.82, 2.24) is 14.8 Å². The third-order valence-corrected chi connectivity index (χ3v) is 1.77. The summed E-state index contributed by atoms with van der Waals surface area (Å²) in [6.45, 7) is 0. The molecule has 0 fully saturated rings. The van der Waals surface area contributed by atoms with Crippen LogP contribution in [0.1, 0.15) is 0 Å². The van der Waals surface area contributed by atoms with Crippen molar-refractivity contribution in [2.75, 3.05) is 0 Å². The molecule has 2 aromatic rings. The monoisotopic (exact) mass is 161 g/mol. The van der Waals surface area contributed by atoms with E-state index in [1.165, 1.54) is 4.57 Å². The van der Waals surface area contributed by atoms with E-state index in [0.717, 1.165) is 11.0 Å². The van der Waals surface area contributed by atoms with E-state index in [-0.39, 0.29) is 5.69 Å². The summed E-state index contributed by atoms with van der Waals surface area (Å²) in [5, 5.41) is 7.22. The Morgan fingerprint density at radius 3 is 2.83 bits per heavy atom. The molecule has 12 heavy (non-hydrogen) atoms. The van der Waals surface area contributed by atoms with Crippen LogP contribution in [0.2, 0.25) is 0 Å². The summed E-state index contributed by atoms with van der Waals surface area (Å²) in [6, 6.07) is 7.39. The van der Waals surface area contributed by atoms with E-state index in [4.69, 9.17) is 0 Å². The second kappa shape index (κ2) is 2.41. The van der Waals surface area contributed by atoms with E-state index in [0.29, 0.717) is 0 Å². The highest BCUT2D eigenvalue weighted by Crippen LogP contribution is 2.04. The molecule has 0 amide bonds. The van der Waals surface area contributed by atoms with Crippen LogP contribution in [0.4, 0.5) is 0 Å². The predicted octanol–water partition coefficient (Wildman–Crippen LogP) is 0.328. The van der Waals surface area contributed by atoms with Gasteiger partial charge in [0, 0.05) is 7.05 Å². The minimum Gasteiger partial charge on any atom is -0.292 e. The van der Waals surface area contributed by atoms with E-state index < -0.39 is 0 Å². The Morgan fingerprint density at radius 1 is 1.25 bits per heavy atom. The molecule has 0 aliphatic heterocycles. The molecule has 0 aliphatic rings. The van der Waals surface area contributed by atoms with Gasteiger partial charge in [-0.25, -0.2) is 4.79 Å². The van der Waals surface area contributed by atoms with Crippen LogP contribution in [0.3, 0.4) is 0 Å². The maximum absolute atomic E-state index is 11.0. The normalized spacial score (nSPS) is 10.4. The van der Waals surface area contributed by atoms with Crippen molar-refractivity contribution in [3.8, 4) is 0 Å². The van der Waals surface area contributed by atoms with Crippen LogP contribution in [0, 0.1) is 0 Å². The van der Waals surface area contributed by atoms with Crippen molar-refractivity contribution in [1.29, 1.82) is 0 Å². The minimum absolute atomic E-state index is 0.325. The van der Waals surface area contributed by atoms with Gasteiger partial charge >= 0.3 is 5.69 Å². The Morgan fingerprint density at radius 2 is 2.00 bits per heavy atom. The van der Waals surface area contributed by atoms with Gasteiger partial charge in [0.15, 0.2) is 0 Å². The van der Waals surface area contributed by atoms with E-state index in [1.54, 1.807) is 7.05 Å². The largest absolute Gasteiger partial charge is 0.366 e. The molecular weight excluding hydrogens is 154 g/mol. The van der Waals surface area contributed by atoms with Gasteiger partial charge in [-0.15, -0.1) is 5.10 Å². The van der Waals surface area contributed by atoms with E-state index in [2.05, 4.69) is 10.2 Å². The Kier molecular flexibility index (Phi) is 1.40. The fourth-order valence-corrected chi connectivity index (χ4v) is 1.10. The lowest BCUT2D eigenvalue weighted by molar-refractivity contribution is 0.804. The molecule has 1 heterocycles. The van der Waals surface area contributed by atoms with Crippen LogP contribution in [-0.2, 0) is 7.05 Å². The molecule has 4 heteroatoms. The third kappa shape index (κ3) is 0.887. The fourth-order valence-electron chi connectivity index (χ4n) is 1.10. The zero-order chi connectivity index (χ0) is 8.55. The van der Waals surface area contributed by atoms with Crippen LogP contribution in [0.5, 0.6) is 0 Å². The molecule has 0 spiro atoms. The third-order valence-electron chi connectivity index (χ3n) is 1.77. The van der Waals surface area contributed by atoms with E-state index in [9.17, 15) is 4.79 Å². The van der Waals surface area contributed by atoms with E-state index >= 15 is 0 Å². The van der Waals surface area contributed by atoms with E-state index in [1.807, 2.05) is 24.3 Å². The molecule has 0 saturated heterocycles. The molecule has 1 aromatic heterocycles. The first-order valence-corrected chi connectivity index (χ1v) is 3.57. The Bertz CT molecular complexity index is 475. The van der Waals surface area contributed by atoms with Crippen molar-refractivity contribution in [3.63, 3.8) is 0 Å². The van der Waals surface area contributed by atoms with Crippen molar-refractivity contribution in [2.24, 2.45) is 7.05 Å². The number of aromatic nitrogens is 3. The maximum atomic E-state index is 11.0. The smallest absolute Gasteiger partial charge is 0.292 e. The zero-order valence-electron chi connectivity index (χ0n) is 6.56.